The smallest absolute Gasteiger partial charge is 0.238 e. The first-order valence-corrected chi connectivity index (χ1v) is 7.63. The number of halogens is 1. The number of nitrogens with one attached hydrogen (secondary N) is 1. The van der Waals surface area contributed by atoms with Crippen molar-refractivity contribution in [3.8, 4) is 11.6 Å². The number of benzene rings is 1. The highest BCUT2D eigenvalue weighted by molar-refractivity contribution is 9.10. The van der Waals surface area contributed by atoms with Gasteiger partial charge in [0.25, 0.3) is 0 Å². The third-order valence-electron chi connectivity index (χ3n) is 2.81. The lowest BCUT2D eigenvalue weighted by Gasteiger charge is -2.20. The van der Waals surface area contributed by atoms with Crippen LogP contribution in [0.2, 0.25) is 0 Å². The summed E-state index contributed by atoms with van der Waals surface area (Å²) < 4.78 is 6.82. The number of hydrogen-bond donors (Lipinski definition) is 1. The van der Waals surface area contributed by atoms with E-state index in [1.54, 1.807) is 12.4 Å². The van der Waals surface area contributed by atoms with Crippen molar-refractivity contribution in [1.29, 1.82) is 0 Å². The Labute approximate surface area is 134 Å². The molecule has 0 radical (unpaired) electrons. The Bertz CT molecular complexity index is 623. The minimum absolute atomic E-state index is 0.0430. The summed E-state index contributed by atoms with van der Waals surface area (Å²) in [6.07, 6.45) is 3.37. The summed E-state index contributed by atoms with van der Waals surface area (Å²) >= 11 is 3.47. The molecule has 0 unspecified atom stereocenters. The fourth-order valence-electron chi connectivity index (χ4n) is 1.68. The van der Waals surface area contributed by atoms with Crippen LogP contribution in [0.4, 0.5) is 0 Å². The molecule has 1 heterocycles. The lowest BCUT2D eigenvalue weighted by Crippen LogP contribution is -2.35. The molecule has 0 atom stereocenters. The number of rotatable bonds is 4. The van der Waals surface area contributed by atoms with E-state index in [9.17, 15) is 0 Å². The van der Waals surface area contributed by atoms with Crippen LogP contribution in [-0.4, -0.2) is 15.5 Å². The van der Waals surface area contributed by atoms with Crippen LogP contribution in [0, 0.1) is 6.92 Å². The van der Waals surface area contributed by atoms with Gasteiger partial charge in [0.05, 0.1) is 11.9 Å². The molecule has 5 heteroatoms. The summed E-state index contributed by atoms with van der Waals surface area (Å²) in [6, 6.07) is 5.83. The molecule has 112 valence electrons. The van der Waals surface area contributed by atoms with Gasteiger partial charge in [-0.2, -0.15) is 0 Å². The van der Waals surface area contributed by atoms with Gasteiger partial charge in [-0.05, 0) is 51.5 Å². The molecular formula is C16H20BrN3O. The third kappa shape index (κ3) is 5.10. The van der Waals surface area contributed by atoms with E-state index in [-0.39, 0.29) is 5.54 Å². The maximum atomic E-state index is 5.76. The number of aryl methyl sites for hydroxylation is 1. The second kappa shape index (κ2) is 6.54. The van der Waals surface area contributed by atoms with Crippen LogP contribution in [-0.2, 0) is 6.54 Å². The average molecular weight is 350 g/mol. The Morgan fingerprint density at radius 2 is 2.00 bits per heavy atom. The van der Waals surface area contributed by atoms with Crippen molar-refractivity contribution in [2.75, 3.05) is 0 Å². The first-order chi connectivity index (χ1) is 9.83. The molecule has 1 N–H and O–H groups in total. The Morgan fingerprint density at radius 3 is 2.67 bits per heavy atom. The fourth-order valence-corrected chi connectivity index (χ4v) is 1.92. The summed E-state index contributed by atoms with van der Waals surface area (Å²) in [4.78, 5) is 8.65. The molecule has 2 rings (SSSR count). The van der Waals surface area contributed by atoms with Crippen molar-refractivity contribution in [1.82, 2.24) is 15.3 Å². The minimum Gasteiger partial charge on any atom is -0.437 e. The molecule has 1 aromatic heterocycles. The topological polar surface area (TPSA) is 47.0 Å². The molecule has 0 bridgehead atoms. The van der Waals surface area contributed by atoms with Gasteiger partial charge in [0, 0.05) is 22.8 Å². The largest absolute Gasteiger partial charge is 0.437 e. The minimum atomic E-state index is 0.0430. The molecular weight excluding hydrogens is 330 g/mol. The van der Waals surface area contributed by atoms with E-state index < -0.39 is 0 Å². The maximum absolute atomic E-state index is 5.76. The van der Waals surface area contributed by atoms with E-state index in [1.165, 1.54) is 0 Å². The molecule has 1 aromatic carbocycles. The first kappa shape index (κ1) is 15.9. The van der Waals surface area contributed by atoms with Gasteiger partial charge in [0.2, 0.25) is 5.88 Å². The van der Waals surface area contributed by atoms with Crippen LogP contribution in [0.3, 0.4) is 0 Å². The Hall–Kier alpha value is -1.46. The van der Waals surface area contributed by atoms with Gasteiger partial charge in [-0.15, -0.1) is 0 Å². The standard InChI is InChI=1S/C16H20BrN3O/c1-11-7-13(5-6-14(11)17)21-15-10-18-8-12(20-15)9-19-16(2,3)4/h5-8,10,19H,9H2,1-4H3. The van der Waals surface area contributed by atoms with Gasteiger partial charge in [-0.25, -0.2) is 4.98 Å². The highest BCUT2D eigenvalue weighted by Crippen LogP contribution is 2.24. The number of ether oxygens (including phenoxy) is 1. The van der Waals surface area contributed by atoms with Gasteiger partial charge in [0.15, 0.2) is 0 Å². The predicted molar refractivity (Wildman–Crippen MR) is 87.6 cm³/mol. The van der Waals surface area contributed by atoms with Crippen LogP contribution in [0.15, 0.2) is 35.1 Å². The summed E-state index contributed by atoms with van der Waals surface area (Å²) in [5, 5.41) is 3.38. The third-order valence-corrected chi connectivity index (χ3v) is 3.70. The Balaban J connectivity index is 2.08. The highest BCUT2D eigenvalue weighted by Gasteiger charge is 2.10. The molecule has 0 aliphatic rings. The van der Waals surface area contributed by atoms with Crippen molar-refractivity contribution in [3.63, 3.8) is 0 Å². The van der Waals surface area contributed by atoms with E-state index in [4.69, 9.17) is 4.74 Å². The van der Waals surface area contributed by atoms with Gasteiger partial charge in [0.1, 0.15) is 5.75 Å². The van der Waals surface area contributed by atoms with Gasteiger partial charge in [-0.1, -0.05) is 15.9 Å². The van der Waals surface area contributed by atoms with Crippen molar-refractivity contribution in [3.05, 3.63) is 46.3 Å². The summed E-state index contributed by atoms with van der Waals surface area (Å²) in [5.41, 5.74) is 2.02. The molecule has 0 saturated carbocycles. The van der Waals surface area contributed by atoms with Crippen molar-refractivity contribution in [2.45, 2.75) is 39.8 Å². The molecule has 0 spiro atoms. The summed E-state index contributed by atoms with van der Waals surface area (Å²) in [5.74, 6) is 1.26. The molecule has 21 heavy (non-hydrogen) atoms. The quantitative estimate of drug-likeness (QED) is 0.897. The molecule has 0 saturated heterocycles. The van der Waals surface area contributed by atoms with Crippen LogP contribution in [0.1, 0.15) is 32.0 Å². The number of hydrogen-bond acceptors (Lipinski definition) is 4. The Morgan fingerprint density at radius 1 is 1.24 bits per heavy atom. The molecule has 0 amide bonds. The predicted octanol–water partition coefficient (Wildman–Crippen LogP) is 4.23. The van der Waals surface area contributed by atoms with E-state index in [0.717, 1.165) is 21.5 Å². The monoisotopic (exact) mass is 349 g/mol. The molecule has 0 aliphatic carbocycles. The SMILES string of the molecule is Cc1cc(Oc2cncc(CNC(C)(C)C)n2)ccc1Br. The average Bonchev–Trinajstić information content (AvgIpc) is 2.40. The van der Waals surface area contributed by atoms with Crippen molar-refractivity contribution in [2.24, 2.45) is 0 Å². The van der Waals surface area contributed by atoms with Gasteiger partial charge in [-0.3, -0.25) is 4.98 Å². The van der Waals surface area contributed by atoms with Crippen LogP contribution in [0.25, 0.3) is 0 Å². The van der Waals surface area contributed by atoms with Crippen LogP contribution in [0.5, 0.6) is 11.6 Å². The zero-order valence-electron chi connectivity index (χ0n) is 12.8. The van der Waals surface area contributed by atoms with E-state index in [1.807, 2.05) is 25.1 Å². The molecule has 2 aromatic rings. The zero-order chi connectivity index (χ0) is 15.5. The highest BCUT2D eigenvalue weighted by atomic mass is 79.9. The Kier molecular flexibility index (Phi) is 4.96. The lowest BCUT2D eigenvalue weighted by atomic mass is 10.1. The normalized spacial score (nSPS) is 11.5. The van der Waals surface area contributed by atoms with E-state index in [2.05, 4.69) is 52.0 Å². The van der Waals surface area contributed by atoms with Gasteiger partial charge < -0.3 is 10.1 Å². The maximum Gasteiger partial charge on any atom is 0.238 e. The van der Waals surface area contributed by atoms with E-state index >= 15 is 0 Å². The van der Waals surface area contributed by atoms with Crippen LogP contribution < -0.4 is 10.1 Å². The summed E-state index contributed by atoms with van der Waals surface area (Å²) in [7, 11) is 0. The summed E-state index contributed by atoms with van der Waals surface area (Å²) in [6.45, 7) is 9.03. The number of nitrogens with zero attached hydrogens (tertiary/aromatic N) is 2. The second-order valence-corrected chi connectivity index (χ2v) is 6.82. The molecule has 0 aliphatic heterocycles. The molecule has 0 fully saturated rings. The van der Waals surface area contributed by atoms with Crippen molar-refractivity contribution >= 4 is 15.9 Å². The van der Waals surface area contributed by atoms with Crippen molar-refractivity contribution < 1.29 is 4.74 Å². The number of aromatic nitrogens is 2. The zero-order valence-corrected chi connectivity index (χ0v) is 14.4. The fraction of sp³-hybridized carbons (Fsp3) is 0.375. The second-order valence-electron chi connectivity index (χ2n) is 5.97. The van der Waals surface area contributed by atoms with Crippen LogP contribution >= 0.6 is 15.9 Å². The molecule has 4 nitrogen and oxygen atoms in total. The first-order valence-electron chi connectivity index (χ1n) is 6.83. The lowest BCUT2D eigenvalue weighted by molar-refractivity contribution is 0.414. The van der Waals surface area contributed by atoms with E-state index in [0.29, 0.717) is 12.4 Å². The van der Waals surface area contributed by atoms with Gasteiger partial charge >= 0.3 is 0 Å².